The zero-order valence-electron chi connectivity index (χ0n) is 20.1. The number of unbranched alkanes of at least 4 members (excludes halogenated alkanes) is 6. The SMILES string of the molecule is CCCCCCCC[C@H]1CC[C@H](c2ccc(C3=CCC(CCCC)CC3)cc2)CC1. The van der Waals surface area contributed by atoms with Gasteiger partial charge >= 0.3 is 0 Å². The molecule has 1 unspecified atom stereocenters. The van der Waals surface area contributed by atoms with Gasteiger partial charge in [-0.05, 0) is 79.4 Å². The lowest BCUT2D eigenvalue weighted by atomic mass is 9.76. The van der Waals surface area contributed by atoms with E-state index in [1.807, 2.05) is 0 Å². The second-order valence-corrected chi connectivity index (χ2v) is 10.4. The average Bonchev–Trinajstić information content (AvgIpc) is 2.81. The molecule has 0 saturated heterocycles. The summed E-state index contributed by atoms with van der Waals surface area (Å²) in [6.45, 7) is 4.62. The van der Waals surface area contributed by atoms with Crippen LogP contribution in [0.2, 0.25) is 0 Å². The molecule has 0 spiro atoms. The molecule has 30 heavy (non-hydrogen) atoms. The van der Waals surface area contributed by atoms with E-state index in [9.17, 15) is 0 Å². The van der Waals surface area contributed by atoms with Crippen molar-refractivity contribution in [2.45, 2.75) is 129 Å². The molecule has 2 aliphatic rings. The minimum atomic E-state index is 0.818. The molecule has 168 valence electrons. The van der Waals surface area contributed by atoms with E-state index in [1.165, 1.54) is 115 Å². The summed E-state index contributed by atoms with van der Waals surface area (Å²) in [4.78, 5) is 0. The van der Waals surface area contributed by atoms with Crippen molar-refractivity contribution in [3.05, 3.63) is 41.5 Å². The Labute approximate surface area is 187 Å². The first-order valence-electron chi connectivity index (χ1n) is 13.6. The second-order valence-electron chi connectivity index (χ2n) is 10.4. The fourth-order valence-corrected chi connectivity index (χ4v) is 5.87. The Hall–Kier alpha value is -1.04. The van der Waals surface area contributed by atoms with Crippen LogP contribution in [0, 0.1) is 11.8 Å². The summed E-state index contributed by atoms with van der Waals surface area (Å²) in [7, 11) is 0. The quantitative estimate of drug-likeness (QED) is 0.302. The van der Waals surface area contributed by atoms with Crippen LogP contribution >= 0.6 is 0 Å². The topological polar surface area (TPSA) is 0 Å². The highest BCUT2D eigenvalue weighted by molar-refractivity contribution is 5.66. The van der Waals surface area contributed by atoms with Crippen molar-refractivity contribution in [2.75, 3.05) is 0 Å². The highest BCUT2D eigenvalue weighted by atomic mass is 14.3. The molecule has 2 aliphatic carbocycles. The number of benzene rings is 1. The van der Waals surface area contributed by atoms with Crippen molar-refractivity contribution in [1.29, 1.82) is 0 Å². The van der Waals surface area contributed by atoms with Gasteiger partial charge in [-0.3, -0.25) is 0 Å². The molecular weight excluding hydrogens is 360 g/mol. The van der Waals surface area contributed by atoms with Crippen LogP contribution in [0.15, 0.2) is 30.3 Å². The summed E-state index contributed by atoms with van der Waals surface area (Å²) in [6, 6.07) is 9.77. The van der Waals surface area contributed by atoms with Gasteiger partial charge in [-0.25, -0.2) is 0 Å². The molecular formula is C30H48. The van der Waals surface area contributed by atoms with Crippen molar-refractivity contribution in [3.63, 3.8) is 0 Å². The summed E-state index contributed by atoms with van der Waals surface area (Å²) in [5, 5.41) is 0. The minimum Gasteiger partial charge on any atom is -0.0804 e. The zero-order valence-corrected chi connectivity index (χ0v) is 20.1. The van der Waals surface area contributed by atoms with Crippen LogP contribution < -0.4 is 0 Å². The van der Waals surface area contributed by atoms with Gasteiger partial charge in [0.2, 0.25) is 0 Å². The highest BCUT2D eigenvalue weighted by Gasteiger charge is 2.22. The first kappa shape index (κ1) is 23.6. The molecule has 0 nitrogen and oxygen atoms in total. The van der Waals surface area contributed by atoms with Gasteiger partial charge in [0.25, 0.3) is 0 Å². The monoisotopic (exact) mass is 408 g/mol. The third kappa shape index (κ3) is 7.58. The smallest absolute Gasteiger partial charge is 0.0162 e. The summed E-state index contributed by atoms with van der Waals surface area (Å²) in [5.41, 5.74) is 4.70. The number of hydrogen-bond donors (Lipinski definition) is 0. The van der Waals surface area contributed by atoms with Gasteiger partial charge in [0.05, 0.1) is 0 Å². The fourth-order valence-electron chi connectivity index (χ4n) is 5.87. The lowest BCUT2D eigenvalue weighted by Gasteiger charge is -2.29. The lowest BCUT2D eigenvalue weighted by molar-refractivity contribution is 0.302. The molecule has 0 bridgehead atoms. The average molecular weight is 409 g/mol. The van der Waals surface area contributed by atoms with E-state index < -0.39 is 0 Å². The van der Waals surface area contributed by atoms with Gasteiger partial charge in [-0.2, -0.15) is 0 Å². The normalized spacial score (nSPS) is 24.6. The largest absolute Gasteiger partial charge is 0.0804 e. The van der Waals surface area contributed by atoms with E-state index in [-0.39, 0.29) is 0 Å². The fraction of sp³-hybridized carbons (Fsp3) is 0.733. The van der Waals surface area contributed by atoms with Gasteiger partial charge < -0.3 is 0 Å². The van der Waals surface area contributed by atoms with Gasteiger partial charge in [0, 0.05) is 0 Å². The van der Waals surface area contributed by atoms with Crippen molar-refractivity contribution >= 4 is 5.57 Å². The van der Waals surface area contributed by atoms with E-state index in [0.717, 1.165) is 17.8 Å². The van der Waals surface area contributed by atoms with Crippen LogP contribution in [-0.2, 0) is 0 Å². The Balaban J connectivity index is 1.38. The Morgan fingerprint density at radius 1 is 0.667 bits per heavy atom. The predicted molar refractivity (Wildman–Crippen MR) is 134 cm³/mol. The van der Waals surface area contributed by atoms with Crippen molar-refractivity contribution in [2.24, 2.45) is 11.8 Å². The first-order chi connectivity index (χ1) is 14.8. The van der Waals surface area contributed by atoms with Gasteiger partial charge in [0.1, 0.15) is 0 Å². The van der Waals surface area contributed by atoms with Crippen LogP contribution in [0.1, 0.15) is 140 Å². The molecule has 1 saturated carbocycles. The molecule has 3 rings (SSSR count). The molecule has 1 aromatic rings. The number of hydrogen-bond acceptors (Lipinski definition) is 0. The van der Waals surface area contributed by atoms with Crippen LogP contribution in [0.25, 0.3) is 5.57 Å². The van der Waals surface area contributed by atoms with Crippen molar-refractivity contribution in [3.8, 4) is 0 Å². The predicted octanol–water partition coefficient (Wildman–Crippen LogP) is 10.1. The van der Waals surface area contributed by atoms with Gasteiger partial charge in [-0.1, -0.05) is 108 Å². The Kier molecular flexibility index (Phi) is 10.5. The molecule has 0 heteroatoms. The van der Waals surface area contributed by atoms with Gasteiger partial charge in [0.15, 0.2) is 0 Å². The van der Waals surface area contributed by atoms with Crippen LogP contribution in [-0.4, -0.2) is 0 Å². The molecule has 0 heterocycles. The number of allylic oxidation sites excluding steroid dienone is 2. The Morgan fingerprint density at radius 2 is 1.33 bits per heavy atom. The molecule has 0 N–H and O–H groups in total. The van der Waals surface area contributed by atoms with Crippen LogP contribution in [0.4, 0.5) is 0 Å². The molecule has 0 amide bonds. The standard InChI is InChI=1S/C30H48/c1-3-5-7-8-9-10-12-26-15-19-28(20-16-26)30-23-21-29(22-24-30)27-17-13-25(14-18-27)11-6-4-2/h17,21-26,28H,3-16,18-20H2,1-2H3/t25?,26-,28-. The van der Waals surface area contributed by atoms with E-state index >= 15 is 0 Å². The lowest BCUT2D eigenvalue weighted by Crippen LogP contribution is -2.13. The van der Waals surface area contributed by atoms with Crippen LogP contribution in [0.3, 0.4) is 0 Å². The van der Waals surface area contributed by atoms with E-state index in [2.05, 4.69) is 44.2 Å². The Morgan fingerprint density at radius 3 is 2.00 bits per heavy atom. The van der Waals surface area contributed by atoms with Gasteiger partial charge in [-0.15, -0.1) is 0 Å². The highest BCUT2D eigenvalue weighted by Crippen LogP contribution is 2.39. The van der Waals surface area contributed by atoms with Crippen molar-refractivity contribution < 1.29 is 0 Å². The molecule has 0 radical (unpaired) electrons. The second kappa shape index (κ2) is 13.4. The maximum absolute atomic E-state index is 2.55. The number of rotatable bonds is 12. The third-order valence-electron chi connectivity index (χ3n) is 8.05. The molecule has 0 aliphatic heterocycles. The summed E-state index contributed by atoms with van der Waals surface area (Å²) in [6.07, 6.45) is 26.6. The summed E-state index contributed by atoms with van der Waals surface area (Å²) >= 11 is 0. The van der Waals surface area contributed by atoms with Crippen molar-refractivity contribution in [1.82, 2.24) is 0 Å². The third-order valence-corrected chi connectivity index (χ3v) is 8.05. The Bertz CT molecular complexity index is 599. The van der Waals surface area contributed by atoms with E-state index in [4.69, 9.17) is 0 Å². The first-order valence-corrected chi connectivity index (χ1v) is 13.6. The molecule has 1 fully saturated rings. The van der Waals surface area contributed by atoms with E-state index in [0.29, 0.717) is 0 Å². The van der Waals surface area contributed by atoms with Crippen LogP contribution in [0.5, 0.6) is 0 Å². The molecule has 1 aromatic carbocycles. The maximum atomic E-state index is 2.55. The molecule has 0 aromatic heterocycles. The zero-order chi connectivity index (χ0) is 21.0. The summed E-state index contributed by atoms with van der Waals surface area (Å²) in [5.74, 6) is 2.78. The maximum Gasteiger partial charge on any atom is -0.0162 e. The minimum absolute atomic E-state index is 0.818. The summed E-state index contributed by atoms with van der Waals surface area (Å²) < 4.78 is 0. The van der Waals surface area contributed by atoms with E-state index in [1.54, 1.807) is 11.1 Å². The molecule has 1 atom stereocenters.